The topological polar surface area (TPSA) is 147 Å². The molecule has 3 aromatic rings. The highest BCUT2D eigenvalue weighted by Gasteiger charge is 2.42. The van der Waals surface area contributed by atoms with Gasteiger partial charge < -0.3 is 10.6 Å². The molecule has 2 aliphatic rings. The first-order chi connectivity index (χ1) is 16.5. The molecule has 0 radical (unpaired) electrons. The molecular weight excluding hydrogens is 488 g/mol. The number of primary sulfonamides is 1. The molecule has 0 amide bonds. The predicted molar refractivity (Wildman–Crippen MR) is 134 cm³/mol. The van der Waals surface area contributed by atoms with Gasteiger partial charge in [0.15, 0.2) is 0 Å². The van der Waals surface area contributed by atoms with Gasteiger partial charge in [-0.2, -0.15) is 9.29 Å². The molecule has 1 aromatic heterocycles. The predicted octanol–water partition coefficient (Wildman–Crippen LogP) is 3.04. The lowest BCUT2D eigenvalue weighted by molar-refractivity contribution is 0.430. The SMILES string of the molecule is Cc1ccc(Nc2ncc(C)c(Nc3ccc4c(c3)CN(S(=O)(=O)C3CC3)C4)n2)cc1S(N)(=O)=O. The van der Waals surface area contributed by atoms with E-state index in [1.165, 1.54) is 6.07 Å². The lowest BCUT2D eigenvalue weighted by atomic mass is 10.1. The van der Waals surface area contributed by atoms with E-state index in [0.29, 0.717) is 30.2 Å². The van der Waals surface area contributed by atoms with Gasteiger partial charge in [-0.1, -0.05) is 12.1 Å². The summed E-state index contributed by atoms with van der Waals surface area (Å²) in [5.74, 6) is 0.854. The van der Waals surface area contributed by atoms with Gasteiger partial charge in [0, 0.05) is 36.2 Å². The Kier molecular flexibility index (Phi) is 5.79. The van der Waals surface area contributed by atoms with Crippen LogP contribution in [0.15, 0.2) is 47.5 Å². The van der Waals surface area contributed by atoms with Crippen LogP contribution >= 0.6 is 0 Å². The minimum Gasteiger partial charge on any atom is -0.340 e. The van der Waals surface area contributed by atoms with Crippen molar-refractivity contribution in [3.8, 4) is 0 Å². The van der Waals surface area contributed by atoms with Gasteiger partial charge in [-0.3, -0.25) is 0 Å². The number of nitrogens with one attached hydrogen (secondary N) is 2. The maximum atomic E-state index is 12.6. The van der Waals surface area contributed by atoms with E-state index in [9.17, 15) is 16.8 Å². The number of aromatic nitrogens is 2. The fraction of sp³-hybridized carbons (Fsp3) is 0.304. The normalized spacial score (nSPS) is 16.2. The molecule has 0 bridgehead atoms. The molecule has 1 aliphatic carbocycles. The zero-order chi connectivity index (χ0) is 25.0. The van der Waals surface area contributed by atoms with Crippen molar-refractivity contribution in [3.63, 3.8) is 0 Å². The largest absolute Gasteiger partial charge is 0.340 e. The number of anilines is 4. The molecule has 1 fully saturated rings. The van der Waals surface area contributed by atoms with Crippen molar-refractivity contribution in [3.05, 3.63) is 64.8 Å². The Bertz CT molecular complexity index is 1540. The van der Waals surface area contributed by atoms with E-state index < -0.39 is 20.0 Å². The summed E-state index contributed by atoms with van der Waals surface area (Å²) in [6.07, 6.45) is 3.15. The molecule has 5 rings (SSSR count). The van der Waals surface area contributed by atoms with Gasteiger partial charge in [-0.25, -0.2) is 27.0 Å². The summed E-state index contributed by atoms with van der Waals surface area (Å²) in [7, 11) is -7.08. The molecule has 10 nitrogen and oxygen atoms in total. The zero-order valence-corrected chi connectivity index (χ0v) is 20.9. The molecule has 2 heterocycles. The highest BCUT2D eigenvalue weighted by Crippen LogP contribution is 2.36. The van der Waals surface area contributed by atoms with E-state index >= 15 is 0 Å². The van der Waals surface area contributed by atoms with E-state index in [1.807, 2.05) is 25.1 Å². The van der Waals surface area contributed by atoms with Gasteiger partial charge in [-0.15, -0.1) is 0 Å². The monoisotopic (exact) mass is 514 g/mol. The fourth-order valence-electron chi connectivity index (χ4n) is 4.08. The van der Waals surface area contributed by atoms with Crippen LogP contribution in [0.4, 0.5) is 23.1 Å². The van der Waals surface area contributed by atoms with Crippen LogP contribution in [0.25, 0.3) is 0 Å². The van der Waals surface area contributed by atoms with Crippen molar-refractivity contribution in [1.82, 2.24) is 14.3 Å². The maximum absolute atomic E-state index is 12.6. The molecule has 1 saturated carbocycles. The number of fused-ring (bicyclic) bond motifs is 1. The molecule has 2 aromatic carbocycles. The van der Waals surface area contributed by atoms with Gasteiger partial charge in [0.25, 0.3) is 0 Å². The number of benzene rings is 2. The number of hydrogen-bond donors (Lipinski definition) is 3. The Morgan fingerprint density at radius 3 is 2.31 bits per heavy atom. The van der Waals surface area contributed by atoms with Gasteiger partial charge >= 0.3 is 0 Å². The molecule has 0 spiro atoms. The van der Waals surface area contributed by atoms with Crippen molar-refractivity contribution in [2.45, 2.75) is 49.9 Å². The number of nitrogens with zero attached hydrogens (tertiary/aromatic N) is 3. The minimum atomic E-state index is -3.86. The van der Waals surface area contributed by atoms with Crippen LogP contribution in [0.2, 0.25) is 0 Å². The molecule has 12 heteroatoms. The Labute approximate surface area is 204 Å². The first-order valence-electron chi connectivity index (χ1n) is 11.1. The van der Waals surface area contributed by atoms with Gasteiger partial charge in [0.1, 0.15) is 5.82 Å². The van der Waals surface area contributed by atoms with E-state index in [-0.39, 0.29) is 16.1 Å². The number of nitrogens with two attached hydrogens (primary N) is 1. The third-order valence-electron chi connectivity index (χ3n) is 6.19. The summed E-state index contributed by atoms with van der Waals surface area (Å²) < 4.78 is 50.4. The van der Waals surface area contributed by atoms with Crippen molar-refractivity contribution in [2.75, 3.05) is 10.6 Å². The highest BCUT2D eigenvalue weighted by molar-refractivity contribution is 7.90. The second-order valence-corrected chi connectivity index (χ2v) is 12.7. The van der Waals surface area contributed by atoms with E-state index in [0.717, 1.165) is 35.2 Å². The summed E-state index contributed by atoms with van der Waals surface area (Å²) in [5, 5.41) is 11.4. The second-order valence-electron chi connectivity index (χ2n) is 9.00. The molecule has 1 aliphatic heterocycles. The average Bonchev–Trinajstić information content (AvgIpc) is 3.56. The summed E-state index contributed by atoms with van der Waals surface area (Å²) in [5.41, 5.74) is 4.61. The molecule has 0 unspecified atom stereocenters. The maximum Gasteiger partial charge on any atom is 0.238 e. The molecule has 4 N–H and O–H groups in total. The number of rotatable bonds is 7. The van der Waals surface area contributed by atoms with Crippen LogP contribution in [0.1, 0.15) is 35.1 Å². The van der Waals surface area contributed by atoms with Crippen LogP contribution in [0, 0.1) is 13.8 Å². The Hall–Kier alpha value is -3.06. The second kappa shape index (κ2) is 8.55. The van der Waals surface area contributed by atoms with Crippen LogP contribution in [-0.4, -0.2) is 36.4 Å². The number of hydrogen-bond acceptors (Lipinski definition) is 8. The van der Waals surface area contributed by atoms with Crippen LogP contribution in [-0.2, 0) is 33.1 Å². The fourth-order valence-corrected chi connectivity index (χ4v) is 6.68. The van der Waals surface area contributed by atoms with Gasteiger partial charge in [0.05, 0.1) is 10.1 Å². The number of aryl methyl sites for hydroxylation is 2. The highest BCUT2D eigenvalue weighted by atomic mass is 32.2. The summed E-state index contributed by atoms with van der Waals surface area (Å²) in [4.78, 5) is 8.86. The van der Waals surface area contributed by atoms with Crippen LogP contribution in [0.5, 0.6) is 0 Å². The van der Waals surface area contributed by atoms with E-state index in [1.54, 1.807) is 29.6 Å². The first-order valence-corrected chi connectivity index (χ1v) is 14.2. The standard InChI is InChI=1S/C23H26N6O4S2/c1-14-3-5-19(10-21(14)34(24,30)31)27-23-25-11-15(2)22(28-23)26-18-6-4-16-12-29(13-17(16)9-18)35(32,33)20-7-8-20/h3-6,9-11,20H,7-8,12-13H2,1-2H3,(H2,24,30,31)(H2,25,26,27,28). The molecular formula is C23H26N6O4S2. The van der Waals surface area contributed by atoms with E-state index in [4.69, 9.17) is 5.14 Å². The molecule has 0 saturated heterocycles. The smallest absolute Gasteiger partial charge is 0.238 e. The third-order valence-corrected chi connectivity index (χ3v) is 9.54. The minimum absolute atomic E-state index is 0.0313. The zero-order valence-electron chi connectivity index (χ0n) is 19.3. The summed E-state index contributed by atoms with van der Waals surface area (Å²) >= 11 is 0. The summed E-state index contributed by atoms with van der Waals surface area (Å²) in [6.45, 7) is 4.32. The van der Waals surface area contributed by atoms with Crippen molar-refractivity contribution < 1.29 is 16.8 Å². The average molecular weight is 515 g/mol. The lowest BCUT2D eigenvalue weighted by Crippen LogP contribution is -2.28. The first kappa shape index (κ1) is 23.7. The summed E-state index contributed by atoms with van der Waals surface area (Å²) in [6, 6.07) is 10.6. The molecule has 184 valence electrons. The van der Waals surface area contributed by atoms with E-state index in [2.05, 4.69) is 20.6 Å². The Balaban J connectivity index is 1.35. The Morgan fingerprint density at radius 2 is 1.60 bits per heavy atom. The van der Waals surface area contributed by atoms with Crippen molar-refractivity contribution >= 4 is 43.2 Å². The number of sulfonamides is 2. The quantitative estimate of drug-likeness (QED) is 0.436. The van der Waals surface area contributed by atoms with Gasteiger partial charge in [-0.05, 0) is 67.6 Å². The third kappa shape index (κ3) is 4.87. The lowest BCUT2D eigenvalue weighted by Gasteiger charge is -2.14. The van der Waals surface area contributed by atoms with Crippen molar-refractivity contribution in [2.24, 2.45) is 5.14 Å². The molecule has 0 atom stereocenters. The Morgan fingerprint density at radius 1 is 0.914 bits per heavy atom. The van der Waals surface area contributed by atoms with Crippen LogP contribution < -0.4 is 15.8 Å². The van der Waals surface area contributed by atoms with Crippen LogP contribution in [0.3, 0.4) is 0 Å². The van der Waals surface area contributed by atoms with Crippen molar-refractivity contribution in [1.29, 1.82) is 0 Å². The van der Waals surface area contributed by atoms with Gasteiger partial charge in [0.2, 0.25) is 26.0 Å². The molecule has 35 heavy (non-hydrogen) atoms.